The number of hydrogen-bond donors (Lipinski definition) is 1. The van der Waals surface area contributed by atoms with Crippen LogP contribution in [0.4, 0.5) is 0 Å². The minimum Gasteiger partial charge on any atom is -0.312 e. The molecule has 2 nitrogen and oxygen atoms in total. The Morgan fingerprint density at radius 2 is 1.94 bits per heavy atom. The van der Waals surface area contributed by atoms with Crippen LogP contribution in [0.25, 0.3) is 0 Å². The van der Waals surface area contributed by atoms with E-state index in [0.29, 0.717) is 0 Å². The van der Waals surface area contributed by atoms with Gasteiger partial charge in [-0.1, -0.05) is 20.3 Å². The monoisotopic (exact) mass is 238 g/mol. The minimum absolute atomic E-state index is 0.766. The molecule has 2 rings (SSSR count). The van der Waals surface area contributed by atoms with Gasteiger partial charge in [-0.25, -0.2) is 0 Å². The molecule has 0 bridgehead atoms. The molecule has 0 amide bonds. The van der Waals surface area contributed by atoms with Gasteiger partial charge in [-0.3, -0.25) is 4.90 Å². The van der Waals surface area contributed by atoms with E-state index in [9.17, 15) is 0 Å². The molecule has 17 heavy (non-hydrogen) atoms. The normalized spacial score (nSPS) is 33.2. The lowest BCUT2D eigenvalue weighted by Gasteiger charge is -2.43. The smallest absolute Gasteiger partial charge is 0.0252 e. The molecular formula is C15H30N2. The zero-order valence-electron chi connectivity index (χ0n) is 11.9. The molecule has 2 fully saturated rings. The molecule has 0 aromatic rings. The van der Waals surface area contributed by atoms with E-state index in [0.717, 1.165) is 24.0 Å². The predicted octanol–water partition coefficient (Wildman–Crippen LogP) is 3.03. The lowest BCUT2D eigenvalue weighted by atomic mass is 9.91. The molecule has 0 radical (unpaired) electrons. The van der Waals surface area contributed by atoms with Gasteiger partial charge >= 0.3 is 0 Å². The molecular weight excluding hydrogens is 208 g/mol. The Bertz CT molecular complexity index is 221. The van der Waals surface area contributed by atoms with Gasteiger partial charge in [-0.2, -0.15) is 0 Å². The van der Waals surface area contributed by atoms with Crippen molar-refractivity contribution in [3.05, 3.63) is 0 Å². The largest absolute Gasteiger partial charge is 0.312 e. The Kier molecular flexibility index (Phi) is 4.87. The molecule has 2 heteroatoms. The molecule has 0 aromatic carbocycles. The molecule has 2 aliphatic heterocycles. The Balaban J connectivity index is 1.95. The second-order valence-corrected chi connectivity index (χ2v) is 6.48. The van der Waals surface area contributed by atoms with Crippen LogP contribution in [0, 0.1) is 5.92 Å². The van der Waals surface area contributed by atoms with E-state index in [1.165, 1.54) is 51.6 Å². The van der Waals surface area contributed by atoms with Crippen molar-refractivity contribution >= 4 is 0 Å². The molecule has 3 unspecified atom stereocenters. The highest BCUT2D eigenvalue weighted by atomic mass is 15.2. The van der Waals surface area contributed by atoms with E-state index in [1.54, 1.807) is 0 Å². The van der Waals surface area contributed by atoms with Gasteiger partial charge in [0.25, 0.3) is 0 Å². The lowest BCUT2D eigenvalue weighted by molar-refractivity contribution is 0.0709. The fourth-order valence-corrected chi connectivity index (χ4v) is 3.82. The average molecular weight is 238 g/mol. The quantitative estimate of drug-likeness (QED) is 0.810. The van der Waals surface area contributed by atoms with Crippen molar-refractivity contribution in [2.24, 2.45) is 5.92 Å². The van der Waals surface area contributed by atoms with Crippen LogP contribution < -0.4 is 5.32 Å². The van der Waals surface area contributed by atoms with Crippen molar-refractivity contribution in [1.82, 2.24) is 10.2 Å². The van der Waals surface area contributed by atoms with Crippen molar-refractivity contribution in [1.29, 1.82) is 0 Å². The molecule has 0 spiro atoms. The molecule has 1 N–H and O–H groups in total. The van der Waals surface area contributed by atoms with Gasteiger partial charge in [0.15, 0.2) is 0 Å². The summed E-state index contributed by atoms with van der Waals surface area (Å²) < 4.78 is 0. The first kappa shape index (κ1) is 13.4. The molecule has 2 aliphatic rings. The fourth-order valence-electron chi connectivity index (χ4n) is 3.82. The SMILES string of the molecule is CC(C)CC(C)N1CCCCC1C1CCCN1. The first-order valence-corrected chi connectivity index (χ1v) is 7.67. The lowest BCUT2D eigenvalue weighted by Crippen LogP contribution is -2.53. The van der Waals surface area contributed by atoms with Crippen molar-refractivity contribution in [2.75, 3.05) is 13.1 Å². The highest BCUT2D eigenvalue weighted by Crippen LogP contribution is 2.27. The summed E-state index contributed by atoms with van der Waals surface area (Å²) in [5, 5.41) is 3.72. The van der Waals surface area contributed by atoms with Gasteiger partial charge in [-0.05, 0) is 58.0 Å². The summed E-state index contributed by atoms with van der Waals surface area (Å²) in [5.74, 6) is 0.823. The first-order valence-electron chi connectivity index (χ1n) is 7.67. The molecule has 100 valence electrons. The van der Waals surface area contributed by atoms with Crippen molar-refractivity contribution in [3.63, 3.8) is 0 Å². The van der Waals surface area contributed by atoms with Crippen LogP contribution in [0.5, 0.6) is 0 Å². The van der Waals surface area contributed by atoms with Gasteiger partial charge in [0.2, 0.25) is 0 Å². The highest BCUT2D eigenvalue weighted by molar-refractivity contribution is 4.92. The Hall–Kier alpha value is -0.0800. The molecule has 0 aromatic heterocycles. The molecule has 3 atom stereocenters. The Morgan fingerprint density at radius 3 is 2.59 bits per heavy atom. The van der Waals surface area contributed by atoms with Crippen LogP contribution in [0.15, 0.2) is 0 Å². The van der Waals surface area contributed by atoms with Crippen LogP contribution in [0.1, 0.15) is 59.3 Å². The zero-order valence-corrected chi connectivity index (χ0v) is 11.9. The maximum Gasteiger partial charge on any atom is 0.0252 e. The van der Waals surface area contributed by atoms with Crippen LogP contribution in [0.2, 0.25) is 0 Å². The number of rotatable bonds is 4. The standard InChI is InChI=1S/C15H30N2/c1-12(2)11-13(3)17-10-5-4-8-15(17)14-7-6-9-16-14/h12-16H,4-11H2,1-3H3. The van der Waals surface area contributed by atoms with E-state index >= 15 is 0 Å². The van der Waals surface area contributed by atoms with E-state index < -0.39 is 0 Å². The number of likely N-dealkylation sites (tertiary alicyclic amines) is 1. The van der Waals surface area contributed by atoms with E-state index in [4.69, 9.17) is 0 Å². The molecule has 0 saturated carbocycles. The average Bonchev–Trinajstić information content (AvgIpc) is 2.81. The van der Waals surface area contributed by atoms with Crippen LogP contribution >= 0.6 is 0 Å². The van der Waals surface area contributed by atoms with E-state index in [2.05, 4.69) is 31.0 Å². The summed E-state index contributed by atoms with van der Waals surface area (Å²) in [6, 6.07) is 2.37. The van der Waals surface area contributed by atoms with Gasteiger partial charge in [0.1, 0.15) is 0 Å². The Labute approximate surface area is 107 Å². The second kappa shape index (κ2) is 6.19. The van der Waals surface area contributed by atoms with Gasteiger partial charge in [0.05, 0.1) is 0 Å². The third kappa shape index (κ3) is 3.45. The number of hydrogen-bond acceptors (Lipinski definition) is 2. The summed E-state index contributed by atoms with van der Waals surface area (Å²) in [5.41, 5.74) is 0. The number of nitrogens with zero attached hydrogens (tertiary/aromatic N) is 1. The summed E-state index contributed by atoms with van der Waals surface area (Å²) in [6.45, 7) is 9.71. The summed E-state index contributed by atoms with van der Waals surface area (Å²) in [4.78, 5) is 2.81. The topological polar surface area (TPSA) is 15.3 Å². The maximum absolute atomic E-state index is 3.72. The van der Waals surface area contributed by atoms with Gasteiger partial charge in [-0.15, -0.1) is 0 Å². The predicted molar refractivity (Wildman–Crippen MR) is 74.3 cm³/mol. The van der Waals surface area contributed by atoms with Crippen LogP contribution in [0.3, 0.4) is 0 Å². The summed E-state index contributed by atoms with van der Waals surface area (Å²) >= 11 is 0. The fraction of sp³-hybridized carbons (Fsp3) is 1.00. The maximum atomic E-state index is 3.72. The van der Waals surface area contributed by atoms with Crippen molar-refractivity contribution in [3.8, 4) is 0 Å². The zero-order chi connectivity index (χ0) is 12.3. The summed E-state index contributed by atoms with van der Waals surface area (Å²) in [6.07, 6.45) is 8.39. The van der Waals surface area contributed by atoms with E-state index in [1.807, 2.05) is 0 Å². The van der Waals surface area contributed by atoms with Crippen molar-refractivity contribution in [2.45, 2.75) is 77.4 Å². The van der Waals surface area contributed by atoms with Crippen molar-refractivity contribution < 1.29 is 0 Å². The minimum atomic E-state index is 0.766. The first-order chi connectivity index (χ1) is 8.18. The van der Waals surface area contributed by atoms with Crippen LogP contribution in [-0.2, 0) is 0 Å². The summed E-state index contributed by atoms with van der Waals surface area (Å²) in [7, 11) is 0. The third-order valence-electron chi connectivity index (χ3n) is 4.53. The molecule has 0 aliphatic carbocycles. The van der Waals surface area contributed by atoms with Gasteiger partial charge in [0, 0.05) is 18.1 Å². The van der Waals surface area contributed by atoms with Gasteiger partial charge < -0.3 is 5.32 Å². The Morgan fingerprint density at radius 1 is 1.12 bits per heavy atom. The van der Waals surface area contributed by atoms with Crippen LogP contribution in [-0.4, -0.2) is 36.1 Å². The van der Waals surface area contributed by atoms with E-state index in [-0.39, 0.29) is 0 Å². The second-order valence-electron chi connectivity index (χ2n) is 6.48. The third-order valence-corrected chi connectivity index (χ3v) is 4.53. The molecule has 2 heterocycles. The highest BCUT2D eigenvalue weighted by Gasteiger charge is 2.33. The number of piperidine rings is 1. The molecule has 2 saturated heterocycles. The number of nitrogens with one attached hydrogen (secondary N) is 1.